The third-order valence-electron chi connectivity index (χ3n) is 6.12. The number of ether oxygens (including phenoxy) is 2. The quantitative estimate of drug-likeness (QED) is 0.672. The molecule has 32 heavy (non-hydrogen) atoms. The molecular formula is C27H29NO4. The molecule has 1 aliphatic carbocycles. The summed E-state index contributed by atoms with van der Waals surface area (Å²) < 4.78 is 10.9. The number of methoxy groups -OCH3 is 1. The van der Waals surface area contributed by atoms with Gasteiger partial charge in [0, 0.05) is 29.3 Å². The van der Waals surface area contributed by atoms with E-state index in [9.17, 15) is 9.59 Å². The highest BCUT2D eigenvalue weighted by molar-refractivity contribution is 6.04. The molecule has 4 rings (SSSR count). The summed E-state index contributed by atoms with van der Waals surface area (Å²) in [6.45, 7) is 6.24. The number of carbonyl (C=O) groups excluding carboxylic acids is 2. The molecule has 0 saturated carbocycles. The maximum Gasteiger partial charge on any atom is 0.337 e. The SMILES string of the molecule is COc1ccc(COC(=O)C2=C(C)NC3=C(C(=O)CC(C)(C)C3)[C@@H]2c2ccccc2)cc1. The lowest BCUT2D eigenvalue weighted by molar-refractivity contribution is -0.140. The molecule has 2 aromatic rings. The van der Waals surface area contributed by atoms with Crippen LogP contribution in [-0.2, 0) is 20.9 Å². The van der Waals surface area contributed by atoms with Gasteiger partial charge in [0.25, 0.3) is 0 Å². The summed E-state index contributed by atoms with van der Waals surface area (Å²) >= 11 is 0. The fourth-order valence-corrected chi connectivity index (χ4v) is 4.63. The van der Waals surface area contributed by atoms with E-state index in [4.69, 9.17) is 9.47 Å². The molecule has 0 amide bonds. The minimum Gasteiger partial charge on any atom is -0.497 e. The van der Waals surface area contributed by atoms with E-state index in [0.29, 0.717) is 17.6 Å². The normalized spacial score (nSPS) is 19.9. The molecule has 166 valence electrons. The molecule has 1 aliphatic heterocycles. The van der Waals surface area contributed by atoms with Crippen molar-refractivity contribution in [3.63, 3.8) is 0 Å². The predicted octanol–water partition coefficient (Wildman–Crippen LogP) is 5.04. The van der Waals surface area contributed by atoms with Crippen molar-refractivity contribution in [1.82, 2.24) is 5.32 Å². The number of benzene rings is 2. The van der Waals surface area contributed by atoms with Gasteiger partial charge in [-0.1, -0.05) is 56.3 Å². The van der Waals surface area contributed by atoms with Crippen LogP contribution in [0.3, 0.4) is 0 Å². The lowest BCUT2D eigenvalue weighted by Crippen LogP contribution is -2.38. The van der Waals surface area contributed by atoms with Crippen LogP contribution in [0.2, 0.25) is 0 Å². The Balaban J connectivity index is 1.66. The molecule has 2 aromatic carbocycles. The highest BCUT2D eigenvalue weighted by Gasteiger charge is 2.43. The van der Waals surface area contributed by atoms with E-state index in [1.807, 2.05) is 61.5 Å². The van der Waals surface area contributed by atoms with Crippen molar-refractivity contribution in [3.8, 4) is 5.75 Å². The molecule has 0 spiro atoms. The summed E-state index contributed by atoms with van der Waals surface area (Å²) in [4.78, 5) is 26.6. The Labute approximate surface area is 189 Å². The molecule has 0 saturated heterocycles. The van der Waals surface area contributed by atoms with Crippen LogP contribution in [0.5, 0.6) is 5.75 Å². The Morgan fingerprint density at radius 2 is 1.75 bits per heavy atom. The van der Waals surface area contributed by atoms with Crippen LogP contribution in [0, 0.1) is 5.41 Å². The van der Waals surface area contributed by atoms with Gasteiger partial charge in [-0.25, -0.2) is 4.79 Å². The average Bonchev–Trinajstić information content (AvgIpc) is 2.76. The topological polar surface area (TPSA) is 64.6 Å². The van der Waals surface area contributed by atoms with Crippen LogP contribution >= 0.6 is 0 Å². The molecule has 1 heterocycles. The van der Waals surface area contributed by atoms with Crippen molar-refractivity contribution >= 4 is 11.8 Å². The van der Waals surface area contributed by atoms with Gasteiger partial charge in [0.15, 0.2) is 5.78 Å². The molecule has 0 bridgehead atoms. The highest BCUT2D eigenvalue weighted by Crippen LogP contribution is 2.46. The van der Waals surface area contributed by atoms with Gasteiger partial charge in [0.05, 0.1) is 12.7 Å². The number of rotatable bonds is 5. The predicted molar refractivity (Wildman–Crippen MR) is 123 cm³/mol. The summed E-state index contributed by atoms with van der Waals surface area (Å²) in [5.41, 5.74) is 4.52. The van der Waals surface area contributed by atoms with Crippen LogP contribution in [0.15, 0.2) is 77.1 Å². The average molecular weight is 432 g/mol. The van der Waals surface area contributed by atoms with E-state index >= 15 is 0 Å². The van der Waals surface area contributed by atoms with Crippen molar-refractivity contribution < 1.29 is 19.1 Å². The summed E-state index contributed by atoms with van der Waals surface area (Å²) in [5.74, 6) is -0.00807. The van der Waals surface area contributed by atoms with Crippen LogP contribution in [0.25, 0.3) is 0 Å². The van der Waals surface area contributed by atoms with E-state index in [-0.39, 0.29) is 17.8 Å². The zero-order chi connectivity index (χ0) is 22.9. The first kappa shape index (κ1) is 21.9. The van der Waals surface area contributed by atoms with Gasteiger partial charge in [-0.15, -0.1) is 0 Å². The lowest BCUT2D eigenvalue weighted by Gasteiger charge is -2.39. The second-order valence-electron chi connectivity index (χ2n) is 9.26. The molecule has 1 atom stereocenters. The summed E-state index contributed by atoms with van der Waals surface area (Å²) in [7, 11) is 1.61. The smallest absolute Gasteiger partial charge is 0.337 e. The maximum absolute atomic E-state index is 13.3. The Kier molecular flexibility index (Phi) is 5.92. The number of Topliss-reactive ketones (excluding diaryl/α,β-unsaturated/α-hetero) is 1. The molecule has 1 N–H and O–H groups in total. The Morgan fingerprint density at radius 3 is 2.41 bits per heavy atom. The van der Waals surface area contributed by atoms with Crippen molar-refractivity contribution in [1.29, 1.82) is 0 Å². The number of allylic oxidation sites excluding steroid dienone is 3. The lowest BCUT2D eigenvalue weighted by atomic mass is 9.68. The summed E-state index contributed by atoms with van der Waals surface area (Å²) in [5, 5.41) is 3.37. The van der Waals surface area contributed by atoms with Crippen LogP contribution in [-0.4, -0.2) is 18.9 Å². The molecule has 0 aromatic heterocycles. The minimum absolute atomic E-state index is 0.0885. The second-order valence-corrected chi connectivity index (χ2v) is 9.26. The number of dihydropyridines is 1. The van der Waals surface area contributed by atoms with Crippen molar-refractivity contribution in [2.45, 2.75) is 46.1 Å². The zero-order valence-corrected chi connectivity index (χ0v) is 19.0. The fourth-order valence-electron chi connectivity index (χ4n) is 4.63. The first-order chi connectivity index (χ1) is 15.3. The van der Waals surface area contributed by atoms with Crippen molar-refractivity contribution in [3.05, 3.63) is 88.3 Å². The van der Waals surface area contributed by atoms with E-state index in [0.717, 1.165) is 34.7 Å². The van der Waals surface area contributed by atoms with Gasteiger partial charge in [0.1, 0.15) is 12.4 Å². The zero-order valence-electron chi connectivity index (χ0n) is 19.0. The Hall–Kier alpha value is -3.34. The second kappa shape index (κ2) is 8.65. The number of nitrogens with one attached hydrogen (secondary N) is 1. The third kappa shape index (κ3) is 4.33. The molecule has 0 unspecified atom stereocenters. The van der Waals surface area contributed by atoms with Crippen molar-refractivity contribution in [2.75, 3.05) is 7.11 Å². The van der Waals surface area contributed by atoms with Gasteiger partial charge in [-0.3, -0.25) is 4.79 Å². The molecule has 5 nitrogen and oxygen atoms in total. The third-order valence-corrected chi connectivity index (χ3v) is 6.12. The van der Waals surface area contributed by atoms with Crippen molar-refractivity contribution in [2.24, 2.45) is 5.41 Å². The molecule has 5 heteroatoms. The standard InChI is InChI=1S/C27H29NO4/c1-17-23(26(30)32-16-18-10-12-20(31-4)13-11-18)24(19-8-6-5-7-9-19)25-21(28-17)14-27(2,3)15-22(25)29/h5-13,24,28H,14-16H2,1-4H3/t24-/m1/s1. The number of ketones is 1. The number of esters is 1. The highest BCUT2D eigenvalue weighted by atomic mass is 16.5. The first-order valence-corrected chi connectivity index (χ1v) is 10.9. The van der Waals surface area contributed by atoms with Crippen LogP contribution in [0.4, 0.5) is 0 Å². The van der Waals surface area contributed by atoms with Gasteiger partial charge >= 0.3 is 5.97 Å². The Morgan fingerprint density at radius 1 is 1.06 bits per heavy atom. The van der Waals surface area contributed by atoms with Gasteiger partial charge in [-0.2, -0.15) is 0 Å². The van der Waals surface area contributed by atoms with Crippen LogP contribution in [0.1, 0.15) is 50.7 Å². The van der Waals surface area contributed by atoms with Gasteiger partial charge in [0.2, 0.25) is 0 Å². The molecule has 2 aliphatic rings. The minimum atomic E-state index is -0.431. The summed E-state index contributed by atoms with van der Waals surface area (Å²) in [6.07, 6.45) is 1.23. The number of hydrogen-bond donors (Lipinski definition) is 1. The largest absolute Gasteiger partial charge is 0.497 e. The summed E-state index contributed by atoms with van der Waals surface area (Å²) in [6, 6.07) is 17.2. The van der Waals surface area contributed by atoms with E-state index in [1.165, 1.54) is 0 Å². The Bertz CT molecular complexity index is 1090. The van der Waals surface area contributed by atoms with Gasteiger partial charge < -0.3 is 14.8 Å². The maximum atomic E-state index is 13.3. The van der Waals surface area contributed by atoms with Gasteiger partial charge in [-0.05, 0) is 42.0 Å². The monoisotopic (exact) mass is 431 g/mol. The number of carbonyl (C=O) groups is 2. The molecular weight excluding hydrogens is 402 g/mol. The molecule has 0 fully saturated rings. The molecule has 0 radical (unpaired) electrons. The first-order valence-electron chi connectivity index (χ1n) is 10.9. The van der Waals surface area contributed by atoms with E-state index in [2.05, 4.69) is 19.2 Å². The van der Waals surface area contributed by atoms with E-state index in [1.54, 1.807) is 7.11 Å². The van der Waals surface area contributed by atoms with E-state index < -0.39 is 11.9 Å². The van der Waals surface area contributed by atoms with Crippen LogP contribution < -0.4 is 10.1 Å². The fraction of sp³-hybridized carbons (Fsp3) is 0.333. The number of hydrogen-bond acceptors (Lipinski definition) is 5.